The summed E-state index contributed by atoms with van der Waals surface area (Å²) in [4.78, 5) is 29.3. The van der Waals surface area contributed by atoms with Crippen LogP contribution in [-0.2, 0) is 11.3 Å². The van der Waals surface area contributed by atoms with E-state index in [1.807, 2.05) is 24.3 Å². The molecule has 0 saturated carbocycles. The number of nitrogens with zero attached hydrogens (tertiary/aromatic N) is 1. The number of likely N-dealkylation sites (tertiary alicyclic amines) is 1. The maximum Gasteiger partial charge on any atom is 0.286 e. The summed E-state index contributed by atoms with van der Waals surface area (Å²) in [5.41, 5.74) is 0.899. The van der Waals surface area contributed by atoms with E-state index in [1.165, 1.54) is 25.8 Å². The normalized spacial score (nSPS) is 21.4. The molecule has 2 amide bonds. The summed E-state index contributed by atoms with van der Waals surface area (Å²) in [5, 5.41) is 2.96. The third kappa shape index (κ3) is 4.90. The Morgan fingerprint density at radius 2 is 2.13 bits per heavy atom. The standard InChI is InChI=1S/C23H29N3O3S/c1-17-7-4-5-13-25(17)14-6-12-24-23(28)20-11-10-18(29-20)15-26-19-8-2-3-9-21(19)30-16-22(26)27/h2-3,8-11,17H,4-7,12-16H2,1H3,(H,24,28)/p+1/t17-/m1/s1. The Labute approximate surface area is 182 Å². The molecule has 6 nitrogen and oxygen atoms in total. The van der Waals surface area contributed by atoms with Crippen molar-refractivity contribution in [2.75, 3.05) is 30.3 Å². The molecule has 30 heavy (non-hydrogen) atoms. The molecule has 0 radical (unpaired) electrons. The van der Waals surface area contributed by atoms with E-state index in [1.54, 1.807) is 33.7 Å². The molecule has 2 atom stereocenters. The number of quaternary nitrogens is 1. The Bertz CT molecular complexity index is 897. The van der Waals surface area contributed by atoms with Gasteiger partial charge in [-0.3, -0.25) is 9.59 Å². The van der Waals surface area contributed by atoms with E-state index >= 15 is 0 Å². The van der Waals surface area contributed by atoms with Gasteiger partial charge in [-0.15, -0.1) is 11.8 Å². The maximum atomic E-state index is 12.4. The predicted molar refractivity (Wildman–Crippen MR) is 118 cm³/mol. The van der Waals surface area contributed by atoms with Crippen LogP contribution in [0.25, 0.3) is 0 Å². The van der Waals surface area contributed by atoms with Gasteiger partial charge in [-0.1, -0.05) is 12.1 Å². The van der Waals surface area contributed by atoms with Crippen molar-refractivity contribution in [1.82, 2.24) is 5.32 Å². The minimum atomic E-state index is -0.191. The Kier molecular flexibility index (Phi) is 6.79. The topological polar surface area (TPSA) is 67.0 Å². The number of nitrogens with one attached hydrogen (secondary N) is 2. The van der Waals surface area contributed by atoms with Gasteiger partial charge in [0.25, 0.3) is 5.91 Å². The van der Waals surface area contributed by atoms with Gasteiger partial charge in [0.1, 0.15) is 5.76 Å². The number of carbonyl (C=O) groups is 2. The Balaban J connectivity index is 1.28. The van der Waals surface area contributed by atoms with E-state index in [2.05, 4.69) is 12.2 Å². The highest BCUT2D eigenvalue weighted by Gasteiger charge is 2.26. The number of benzene rings is 1. The number of thioether (sulfide) groups is 1. The molecular weight excluding hydrogens is 398 g/mol. The lowest BCUT2D eigenvalue weighted by molar-refractivity contribution is -0.928. The van der Waals surface area contributed by atoms with Crippen LogP contribution < -0.4 is 15.1 Å². The molecule has 2 aliphatic heterocycles. The van der Waals surface area contributed by atoms with Gasteiger partial charge < -0.3 is 19.5 Å². The minimum Gasteiger partial charge on any atom is -0.454 e. The van der Waals surface area contributed by atoms with E-state index < -0.39 is 0 Å². The van der Waals surface area contributed by atoms with E-state index in [4.69, 9.17) is 4.42 Å². The molecule has 0 aliphatic carbocycles. The van der Waals surface area contributed by atoms with Crippen molar-refractivity contribution in [3.63, 3.8) is 0 Å². The molecule has 2 aromatic rings. The second-order valence-electron chi connectivity index (χ2n) is 8.17. The van der Waals surface area contributed by atoms with Crippen LogP contribution in [-0.4, -0.2) is 43.2 Å². The summed E-state index contributed by atoms with van der Waals surface area (Å²) < 4.78 is 5.76. The molecule has 1 aromatic heterocycles. The lowest BCUT2D eigenvalue weighted by Gasteiger charge is -2.30. The molecule has 1 unspecified atom stereocenters. The number of fused-ring (bicyclic) bond motifs is 1. The van der Waals surface area contributed by atoms with Crippen molar-refractivity contribution >= 4 is 29.3 Å². The summed E-state index contributed by atoms with van der Waals surface area (Å²) in [6.45, 7) is 5.65. The number of hydrogen-bond acceptors (Lipinski definition) is 4. The van der Waals surface area contributed by atoms with Crippen LogP contribution in [0.2, 0.25) is 0 Å². The van der Waals surface area contributed by atoms with E-state index in [0.717, 1.165) is 29.6 Å². The molecular formula is C23H30N3O3S+. The second kappa shape index (κ2) is 9.71. The van der Waals surface area contributed by atoms with Crippen molar-refractivity contribution < 1.29 is 18.9 Å². The fourth-order valence-electron chi connectivity index (χ4n) is 4.30. The lowest BCUT2D eigenvalue weighted by atomic mass is 10.0. The van der Waals surface area contributed by atoms with Gasteiger partial charge in [-0.05, 0) is 50.5 Å². The fourth-order valence-corrected chi connectivity index (χ4v) is 5.23. The van der Waals surface area contributed by atoms with Gasteiger partial charge in [0.15, 0.2) is 5.76 Å². The average molecular weight is 429 g/mol. The highest BCUT2D eigenvalue weighted by Crippen LogP contribution is 2.35. The zero-order valence-electron chi connectivity index (χ0n) is 17.5. The van der Waals surface area contributed by atoms with E-state index in [9.17, 15) is 9.59 Å². The van der Waals surface area contributed by atoms with Crippen LogP contribution in [0.15, 0.2) is 45.7 Å². The summed E-state index contributed by atoms with van der Waals surface area (Å²) in [7, 11) is 0. The Morgan fingerprint density at radius 1 is 1.27 bits per heavy atom. The zero-order valence-corrected chi connectivity index (χ0v) is 18.3. The second-order valence-corrected chi connectivity index (χ2v) is 9.18. The molecule has 0 bridgehead atoms. The van der Waals surface area contributed by atoms with Crippen LogP contribution in [0.3, 0.4) is 0 Å². The third-order valence-electron chi connectivity index (χ3n) is 6.05. The fraction of sp³-hybridized carbons (Fsp3) is 0.478. The summed E-state index contributed by atoms with van der Waals surface area (Å²) in [5.74, 6) is 1.19. The molecule has 0 spiro atoms. The van der Waals surface area contributed by atoms with E-state index in [-0.39, 0.29) is 11.8 Å². The zero-order chi connectivity index (χ0) is 20.9. The van der Waals surface area contributed by atoms with Gasteiger partial charge >= 0.3 is 0 Å². The van der Waals surface area contributed by atoms with Crippen molar-refractivity contribution in [3.05, 3.63) is 47.9 Å². The first-order chi connectivity index (χ1) is 14.6. The highest BCUT2D eigenvalue weighted by atomic mass is 32.2. The number of anilines is 1. The largest absolute Gasteiger partial charge is 0.454 e. The van der Waals surface area contributed by atoms with Crippen molar-refractivity contribution in [2.45, 2.75) is 50.1 Å². The number of carbonyl (C=O) groups excluding carboxylic acids is 2. The molecule has 2 aliphatic rings. The van der Waals surface area contributed by atoms with Crippen LogP contribution in [0.5, 0.6) is 0 Å². The maximum absolute atomic E-state index is 12.4. The van der Waals surface area contributed by atoms with Gasteiger partial charge in [-0.2, -0.15) is 0 Å². The lowest BCUT2D eigenvalue weighted by Crippen LogP contribution is -3.16. The number of piperidine rings is 1. The molecule has 160 valence electrons. The average Bonchev–Trinajstić information content (AvgIpc) is 3.23. The first kappa shape index (κ1) is 21.0. The summed E-state index contributed by atoms with van der Waals surface area (Å²) in [6, 6.07) is 12.1. The minimum absolute atomic E-state index is 0.0514. The smallest absolute Gasteiger partial charge is 0.286 e. The molecule has 4 rings (SSSR count). The van der Waals surface area contributed by atoms with Gasteiger partial charge in [0.2, 0.25) is 5.91 Å². The van der Waals surface area contributed by atoms with E-state index in [0.29, 0.717) is 30.4 Å². The van der Waals surface area contributed by atoms with Gasteiger partial charge in [0, 0.05) is 17.9 Å². The highest BCUT2D eigenvalue weighted by molar-refractivity contribution is 8.00. The van der Waals surface area contributed by atoms with Gasteiger partial charge in [-0.25, -0.2) is 0 Å². The Morgan fingerprint density at radius 3 is 3.00 bits per heavy atom. The SMILES string of the molecule is C[C@@H]1CCCC[NH+]1CCCNC(=O)c1ccc(CN2C(=O)CSc3ccccc32)o1. The van der Waals surface area contributed by atoms with Crippen molar-refractivity contribution in [1.29, 1.82) is 0 Å². The number of furan rings is 1. The molecule has 2 N–H and O–H groups in total. The van der Waals surface area contributed by atoms with Crippen molar-refractivity contribution in [2.24, 2.45) is 0 Å². The quantitative estimate of drug-likeness (QED) is 0.665. The van der Waals surface area contributed by atoms with Crippen LogP contribution in [0.1, 0.15) is 48.9 Å². The number of hydrogen-bond donors (Lipinski definition) is 2. The molecule has 1 fully saturated rings. The molecule has 3 heterocycles. The predicted octanol–water partition coefficient (Wildman–Crippen LogP) is 2.50. The monoisotopic (exact) mass is 428 g/mol. The van der Waals surface area contributed by atoms with Crippen LogP contribution in [0.4, 0.5) is 5.69 Å². The summed E-state index contributed by atoms with van der Waals surface area (Å²) in [6.07, 6.45) is 4.93. The Hall–Kier alpha value is -2.25. The number of para-hydroxylation sites is 1. The van der Waals surface area contributed by atoms with Crippen LogP contribution in [0, 0.1) is 0 Å². The van der Waals surface area contributed by atoms with Crippen molar-refractivity contribution in [3.8, 4) is 0 Å². The molecule has 1 saturated heterocycles. The number of rotatable bonds is 7. The van der Waals surface area contributed by atoms with Crippen LogP contribution >= 0.6 is 11.8 Å². The third-order valence-corrected chi connectivity index (χ3v) is 7.10. The molecule has 7 heteroatoms. The first-order valence-electron chi connectivity index (χ1n) is 10.9. The number of amides is 2. The van der Waals surface area contributed by atoms with Gasteiger partial charge in [0.05, 0.1) is 37.1 Å². The first-order valence-corrected chi connectivity index (χ1v) is 11.8. The summed E-state index contributed by atoms with van der Waals surface area (Å²) >= 11 is 1.55. The molecule has 1 aromatic carbocycles.